The molecule has 0 atom stereocenters. The summed E-state index contributed by atoms with van der Waals surface area (Å²) in [6, 6.07) is 14.7. The Kier molecular flexibility index (Phi) is 8.70. The van der Waals surface area contributed by atoms with E-state index >= 15 is 0 Å². The van der Waals surface area contributed by atoms with Crippen molar-refractivity contribution in [3.05, 3.63) is 90.6 Å². The van der Waals surface area contributed by atoms with E-state index in [0.717, 1.165) is 12.1 Å². The van der Waals surface area contributed by atoms with Gasteiger partial charge >= 0.3 is 18.2 Å². The number of hydrogen-bond acceptors (Lipinski definition) is 7. The van der Waals surface area contributed by atoms with Crippen LogP contribution in [0.25, 0.3) is 0 Å². The van der Waals surface area contributed by atoms with Gasteiger partial charge in [-0.2, -0.15) is 13.2 Å². The minimum Gasteiger partial charge on any atom is -0.490 e. The van der Waals surface area contributed by atoms with E-state index in [1.165, 1.54) is 30.3 Å². The van der Waals surface area contributed by atoms with Crippen LogP contribution in [0.15, 0.2) is 79.5 Å². The molecule has 1 saturated heterocycles. The molecule has 0 spiro atoms. The first-order valence-electron chi connectivity index (χ1n) is 12.0. The molecule has 1 aromatic heterocycles. The van der Waals surface area contributed by atoms with Crippen molar-refractivity contribution < 1.29 is 41.7 Å². The fourth-order valence-corrected chi connectivity index (χ4v) is 3.71. The molecule has 0 radical (unpaired) electrons. The predicted molar refractivity (Wildman–Crippen MR) is 134 cm³/mol. The van der Waals surface area contributed by atoms with E-state index in [0.29, 0.717) is 49.2 Å². The van der Waals surface area contributed by atoms with Crippen molar-refractivity contribution in [2.45, 2.75) is 25.1 Å². The first kappa shape index (κ1) is 27.5. The molecule has 204 valence electrons. The first-order valence-corrected chi connectivity index (χ1v) is 12.0. The third kappa shape index (κ3) is 7.73. The summed E-state index contributed by atoms with van der Waals surface area (Å²) < 4.78 is 59.8. The molecule has 8 nitrogen and oxygen atoms in total. The number of esters is 1. The smallest absolute Gasteiger partial charge is 0.417 e. The normalized spacial score (nSPS) is 13.9. The number of ether oxygens (including phenoxy) is 4. The Morgan fingerprint density at radius 1 is 0.949 bits per heavy atom. The van der Waals surface area contributed by atoms with Gasteiger partial charge in [0.1, 0.15) is 30.0 Å². The van der Waals surface area contributed by atoms with E-state index in [1.54, 1.807) is 29.2 Å². The number of likely N-dealkylation sites (tertiary alicyclic amines) is 1. The Bertz CT molecular complexity index is 1270. The van der Waals surface area contributed by atoms with E-state index in [4.69, 9.17) is 18.9 Å². The lowest BCUT2D eigenvalue weighted by molar-refractivity contribution is -0.137. The summed E-state index contributed by atoms with van der Waals surface area (Å²) >= 11 is 0. The zero-order chi connectivity index (χ0) is 27.8. The van der Waals surface area contributed by atoms with Gasteiger partial charge in [0.25, 0.3) is 0 Å². The number of amides is 1. The molecule has 0 bridgehead atoms. The maximum atomic E-state index is 12.7. The molecule has 1 aliphatic rings. The molecule has 39 heavy (non-hydrogen) atoms. The average molecular weight is 543 g/mol. The van der Waals surface area contributed by atoms with Gasteiger partial charge in [-0.25, -0.2) is 14.6 Å². The van der Waals surface area contributed by atoms with E-state index in [1.807, 2.05) is 0 Å². The summed E-state index contributed by atoms with van der Waals surface area (Å²) in [6.45, 7) is 4.53. The van der Waals surface area contributed by atoms with Gasteiger partial charge in [-0.05, 0) is 54.6 Å². The molecule has 0 unspecified atom stereocenters. The highest BCUT2D eigenvalue weighted by atomic mass is 19.4. The third-order valence-corrected chi connectivity index (χ3v) is 5.74. The molecule has 1 fully saturated rings. The average Bonchev–Trinajstić information content (AvgIpc) is 2.93. The molecule has 4 rings (SSSR count). The van der Waals surface area contributed by atoms with Crippen molar-refractivity contribution in [1.29, 1.82) is 0 Å². The van der Waals surface area contributed by atoms with Crippen LogP contribution in [-0.2, 0) is 10.9 Å². The fraction of sp³-hybridized carbons (Fsp3) is 0.250. The van der Waals surface area contributed by atoms with Crippen LogP contribution in [-0.4, -0.2) is 47.7 Å². The fourth-order valence-electron chi connectivity index (χ4n) is 3.71. The van der Waals surface area contributed by atoms with Gasteiger partial charge in [-0.15, -0.1) is 0 Å². The second-order valence-corrected chi connectivity index (χ2v) is 8.54. The molecular formula is C28H25F3N2O6. The maximum Gasteiger partial charge on any atom is 0.417 e. The number of aromatic nitrogens is 1. The molecule has 11 heteroatoms. The highest BCUT2D eigenvalue weighted by Gasteiger charge is 2.30. The quantitative estimate of drug-likeness (QED) is 0.245. The van der Waals surface area contributed by atoms with Crippen LogP contribution in [0.1, 0.15) is 28.8 Å². The summed E-state index contributed by atoms with van der Waals surface area (Å²) in [5.41, 5.74) is -0.456. The van der Waals surface area contributed by atoms with Crippen molar-refractivity contribution in [3.63, 3.8) is 0 Å². The SMILES string of the molecule is C=CCOC(=O)c1ccc(OC2CCN(C(=O)Oc3ccc(Oc4ccc(C(F)(F)F)cn4)cc3)CC2)cc1. The van der Waals surface area contributed by atoms with Crippen molar-refractivity contribution in [1.82, 2.24) is 9.88 Å². The molecule has 1 aliphatic heterocycles. The highest BCUT2D eigenvalue weighted by Crippen LogP contribution is 2.30. The zero-order valence-electron chi connectivity index (χ0n) is 20.7. The van der Waals surface area contributed by atoms with Crippen LogP contribution in [0, 0.1) is 0 Å². The highest BCUT2D eigenvalue weighted by molar-refractivity contribution is 5.89. The Balaban J connectivity index is 1.22. The molecule has 1 amide bonds. The molecule has 0 saturated carbocycles. The summed E-state index contributed by atoms with van der Waals surface area (Å²) in [6.07, 6.45) is -1.68. The van der Waals surface area contributed by atoms with Crippen LogP contribution in [0.5, 0.6) is 23.1 Å². The Morgan fingerprint density at radius 3 is 2.18 bits per heavy atom. The largest absolute Gasteiger partial charge is 0.490 e. The van der Waals surface area contributed by atoms with Gasteiger partial charge < -0.3 is 23.8 Å². The first-order chi connectivity index (χ1) is 18.7. The van der Waals surface area contributed by atoms with Gasteiger partial charge in [0.15, 0.2) is 0 Å². The summed E-state index contributed by atoms with van der Waals surface area (Å²) in [5.74, 6) is 0.788. The van der Waals surface area contributed by atoms with Gasteiger partial charge in [0, 0.05) is 38.2 Å². The van der Waals surface area contributed by atoms with Crippen LogP contribution in [0.4, 0.5) is 18.0 Å². The standard InChI is InChI=1S/C28H25F3N2O6/c1-2-17-36-26(34)19-3-6-21(7-4-19)37-24-13-15-33(16-14-24)27(35)39-23-10-8-22(9-11-23)38-25-12-5-20(18-32-25)28(29,30)31/h2-12,18,24H,1,13-17H2. The Morgan fingerprint density at radius 2 is 1.59 bits per heavy atom. The molecule has 2 heterocycles. The van der Waals surface area contributed by atoms with Gasteiger partial charge in [0.05, 0.1) is 11.1 Å². The molecular weight excluding hydrogens is 517 g/mol. The second kappa shape index (κ2) is 12.3. The minimum atomic E-state index is -4.48. The molecule has 2 aromatic carbocycles. The number of pyridine rings is 1. The Labute approximate surface area is 222 Å². The predicted octanol–water partition coefficient (Wildman–Crippen LogP) is 6.28. The van der Waals surface area contributed by atoms with Crippen LogP contribution < -0.4 is 14.2 Å². The van der Waals surface area contributed by atoms with Crippen molar-refractivity contribution in [3.8, 4) is 23.1 Å². The van der Waals surface area contributed by atoms with Crippen molar-refractivity contribution >= 4 is 12.1 Å². The van der Waals surface area contributed by atoms with E-state index in [2.05, 4.69) is 11.6 Å². The van der Waals surface area contributed by atoms with Gasteiger partial charge in [0.2, 0.25) is 5.88 Å². The van der Waals surface area contributed by atoms with E-state index in [9.17, 15) is 22.8 Å². The van der Waals surface area contributed by atoms with Crippen molar-refractivity contribution in [2.24, 2.45) is 0 Å². The van der Waals surface area contributed by atoms with E-state index in [-0.39, 0.29) is 24.3 Å². The number of carbonyl (C=O) groups excluding carboxylic acids is 2. The van der Waals surface area contributed by atoms with Crippen molar-refractivity contribution in [2.75, 3.05) is 19.7 Å². The Hall–Kier alpha value is -4.54. The van der Waals surface area contributed by atoms with Gasteiger partial charge in [-0.3, -0.25) is 0 Å². The van der Waals surface area contributed by atoms with Crippen LogP contribution >= 0.6 is 0 Å². The topological polar surface area (TPSA) is 87.2 Å². The molecule has 3 aromatic rings. The maximum absolute atomic E-state index is 12.7. The van der Waals surface area contributed by atoms with Crippen LogP contribution in [0.3, 0.4) is 0 Å². The summed E-state index contributed by atoms with van der Waals surface area (Å²) in [7, 11) is 0. The zero-order valence-corrected chi connectivity index (χ0v) is 20.7. The number of halogens is 3. The summed E-state index contributed by atoms with van der Waals surface area (Å²) in [4.78, 5) is 29.7. The number of benzene rings is 2. The number of nitrogens with zero attached hydrogens (tertiary/aromatic N) is 2. The minimum absolute atomic E-state index is 0.000184. The second-order valence-electron chi connectivity index (χ2n) is 8.54. The number of hydrogen-bond donors (Lipinski definition) is 0. The number of alkyl halides is 3. The van der Waals surface area contributed by atoms with E-state index < -0.39 is 23.8 Å². The lowest BCUT2D eigenvalue weighted by atomic mass is 10.1. The van der Waals surface area contributed by atoms with Gasteiger partial charge in [-0.1, -0.05) is 12.7 Å². The number of piperidine rings is 1. The number of carbonyl (C=O) groups is 2. The number of rotatable bonds is 8. The summed E-state index contributed by atoms with van der Waals surface area (Å²) in [5, 5.41) is 0. The lowest BCUT2D eigenvalue weighted by Gasteiger charge is -2.31. The lowest BCUT2D eigenvalue weighted by Crippen LogP contribution is -2.43. The third-order valence-electron chi connectivity index (χ3n) is 5.74. The molecule has 0 N–H and O–H groups in total. The monoisotopic (exact) mass is 542 g/mol. The molecule has 0 aliphatic carbocycles. The van der Waals surface area contributed by atoms with Crippen LogP contribution in [0.2, 0.25) is 0 Å².